The molecular weight excluding hydrogens is 424 g/mol. The molecule has 1 atom stereocenters. The molecule has 0 saturated heterocycles. The van der Waals surface area contributed by atoms with Crippen molar-refractivity contribution in [2.24, 2.45) is 0 Å². The van der Waals surface area contributed by atoms with Crippen LogP contribution in [0.15, 0.2) is 61.2 Å². The largest absolute Gasteiger partial charge is 0.355 e. The molecule has 3 aliphatic rings. The Bertz CT molecular complexity index is 1290. The summed E-state index contributed by atoms with van der Waals surface area (Å²) < 4.78 is 0. The van der Waals surface area contributed by atoms with Gasteiger partial charge in [0.25, 0.3) is 5.91 Å². The number of benzene rings is 2. The van der Waals surface area contributed by atoms with Crippen molar-refractivity contribution in [3.63, 3.8) is 0 Å². The van der Waals surface area contributed by atoms with E-state index >= 15 is 0 Å². The third-order valence-electron chi connectivity index (χ3n) is 7.79. The van der Waals surface area contributed by atoms with Gasteiger partial charge in [0.1, 0.15) is 0 Å². The van der Waals surface area contributed by atoms with E-state index in [1.807, 2.05) is 42.5 Å². The quantitative estimate of drug-likeness (QED) is 0.556. The first-order chi connectivity index (χ1) is 16.7. The lowest BCUT2D eigenvalue weighted by molar-refractivity contribution is -0.126. The molecule has 2 N–H and O–H groups in total. The third-order valence-corrected chi connectivity index (χ3v) is 7.79. The molecule has 1 aromatic heterocycles. The molecule has 1 spiro atoms. The van der Waals surface area contributed by atoms with Crippen molar-refractivity contribution < 1.29 is 9.59 Å². The fraction of sp³-hybridized carbons (Fsp3) is 0.357. The Balaban J connectivity index is 1.56. The first-order valence-electron chi connectivity index (χ1n) is 12.4. The maximum Gasteiger partial charge on any atom is 0.319 e. The number of rotatable bonds is 3. The fourth-order valence-corrected chi connectivity index (χ4v) is 6.30. The lowest BCUT2D eigenvalue weighted by Crippen LogP contribution is -2.62. The Morgan fingerprint density at radius 3 is 2.71 bits per heavy atom. The number of carbonyl (C=O) groups excluding carboxylic acids is 2. The number of amides is 3. The van der Waals surface area contributed by atoms with Crippen LogP contribution in [0.5, 0.6) is 0 Å². The highest BCUT2D eigenvalue weighted by Gasteiger charge is 2.60. The summed E-state index contributed by atoms with van der Waals surface area (Å²) in [6, 6.07) is 16.1. The van der Waals surface area contributed by atoms with E-state index in [0.717, 1.165) is 59.1 Å². The minimum atomic E-state index is -1.22. The van der Waals surface area contributed by atoms with Gasteiger partial charge in [0.05, 0.1) is 11.4 Å². The number of anilines is 1. The van der Waals surface area contributed by atoms with E-state index in [0.29, 0.717) is 19.5 Å². The SMILES string of the molecule is C=CCN1C(=O)[C@]2(c3ccccc31)c1[nH]c3ccccc3c1CCN2C(=O)NC1CCCCC1. The minimum absolute atomic E-state index is 0.0973. The van der Waals surface area contributed by atoms with Gasteiger partial charge in [-0.2, -0.15) is 0 Å². The number of nitrogens with one attached hydrogen (secondary N) is 2. The molecule has 1 fully saturated rings. The number of carbonyl (C=O) groups is 2. The smallest absolute Gasteiger partial charge is 0.319 e. The Morgan fingerprint density at radius 2 is 1.88 bits per heavy atom. The Hall–Kier alpha value is -3.54. The summed E-state index contributed by atoms with van der Waals surface area (Å²) >= 11 is 0. The van der Waals surface area contributed by atoms with Crippen molar-refractivity contribution in [1.29, 1.82) is 0 Å². The number of aromatic amines is 1. The molecule has 6 rings (SSSR count). The highest BCUT2D eigenvalue weighted by atomic mass is 16.2. The molecule has 3 heterocycles. The fourth-order valence-electron chi connectivity index (χ4n) is 6.30. The molecule has 6 nitrogen and oxygen atoms in total. The van der Waals surface area contributed by atoms with Gasteiger partial charge in [-0.05, 0) is 37.0 Å². The maximum atomic E-state index is 14.4. The van der Waals surface area contributed by atoms with Gasteiger partial charge in [0.15, 0.2) is 5.54 Å². The first kappa shape index (κ1) is 21.0. The van der Waals surface area contributed by atoms with Crippen molar-refractivity contribution in [2.75, 3.05) is 18.0 Å². The van der Waals surface area contributed by atoms with Crippen LogP contribution in [0.3, 0.4) is 0 Å². The van der Waals surface area contributed by atoms with Crippen LogP contribution in [0.25, 0.3) is 10.9 Å². The molecule has 0 radical (unpaired) electrons. The van der Waals surface area contributed by atoms with Crippen LogP contribution in [0.4, 0.5) is 10.5 Å². The van der Waals surface area contributed by atoms with Crippen molar-refractivity contribution in [3.05, 3.63) is 78.0 Å². The molecule has 6 heteroatoms. The van der Waals surface area contributed by atoms with E-state index in [-0.39, 0.29) is 18.0 Å². The normalized spacial score (nSPS) is 22.2. The molecule has 1 aliphatic carbocycles. The van der Waals surface area contributed by atoms with Crippen molar-refractivity contribution >= 4 is 28.5 Å². The van der Waals surface area contributed by atoms with E-state index in [9.17, 15) is 9.59 Å². The highest BCUT2D eigenvalue weighted by molar-refractivity contribution is 6.12. The lowest BCUT2D eigenvalue weighted by atomic mass is 9.80. The molecule has 174 valence electrons. The summed E-state index contributed by atoms with van der Waals surface area (Å²) in [5, 5.41) is 4.41. The van der Waals surface area contributed by atoms with Gasteiger partial charge >= 0.3 is 6.03 Å². The van der Waals surface area contributed by atoms with Crippen LogP contribution >= 0.6 is 0 Å². The van der Waals surface area contributed by atoms with Gasteiger partial charge in [-0.15, -0.1) is 6.58 Å². The van der Waals surface area contributed by atoms with Gasteiger partial charge in [-0.3, -0.25) is 4.79 Å². The number of H-pyrrole nitrogens is 1. The standard InChI is InChI=1S/C28H30N4O2/c1-2-17-31-24-15-9-7-13-22(24)28(26(31)33)25-21(20-12-6-8-14-23(20)30-25)16-18-32(28)27(34)29-19-10-4-3-5-11-19/h2,6-9,12-15,19,30H,1,3-5,10-11,16-18H2,(H,29,34)/t28-/m0/s1. The average molecular weight is 455 g/mol. The van der Waals surface area contributed by atoms with Crippen molar-refractivity contribution in [3.8, 4) is 0 Å². The number of para-hydroxylation sites is 2. The molecule has 34 heavy (non-hydrogen) atoms. The predicted molar refractivity (Wildman–Crippen MR) is 134 cm³/mol. The van der Waals surface area contributed by atoms with E-state index in [1.54, 1.807) is 15.9 Å². The number of nitrogens with zero attached hydrogens (tertiary/aromatic N) is 2. The zero-order valence-electron chi connectivity index (χ0n) is 19.3. The summed E-state index contributed by atoms with van der Waals surface area (Å²) in [6.45, 7) is 4.76. The number of urea groups is 1. The molecule has 3 aromatic rings. The summed E-state index contributed by atoms with van der Waals surface area (Å²) in [5.41, 5.74) is 3.42. The maximum absolute atomic E-state index is 14.4. The molecule has 1 saturated carbocycles. The van der Waals surface area contributed by atoms with E-state index in [2.05, 4.69) is 22.9 Å². The Labute approximate surface area is 199 Å². The van der Waals surface area contributed by atoms with Crippen LogP contribution in [-0.2, 0) is 16.8 Å². The van der Waals surface area contributed by atoms with Crippen molar-refractivity contribution in [2.45, 2.75) is 50.1 Å². The summed E-state index contributed by atoms with van der Waals surface area (Å²) in [7, 11) is 0. The van der Waals surface area contributed by atoms with Crippen LogP contribution in [0.2, 0.25) is 0 Å². The van der Waals surface area contributed by atoms with Crippen LogP contribution in [0.1, 0.15) is 48.9 Å². The summed E-state index contributed by atoms with van der Waals surface area (Å²) in [4.78, 5) is 35.4. The number of hydrogen-bond acceptors (Lipinski definition) is 2. The van der Waals surface area contributed by atoms with Crippen LogP contribution < -0.4 is 10.2 Å². The second-order valence-electron chi connectivity index (χ2n) is 9.64. The molecule has 0 bridgehead atoms. The first-order valence-corrected chi connectivity index (χ1v) is 12.4. The summed E-state index contributed by atoms with van der Waals surface area (Å²) in [5.74, 6) is -0.0973. The monoisotopic (exact) mass is 454 g/mol. The molecule has 2 aromatic carbocycles. The van der Waals surface area contributed by atoms with Gasteiger partial charge in [-0.25, -0.2) is 4.79 Å². The zero-order chi connectivity index (χ0) is 23.3. The van der Waals surface area contributed by atoms with Gasteiger partial charge < -0.3 is 20.1 Å². The second kappa shape index (κ2) is 8.05. The van der Waals surface area contributed by atoms with E-state index in [4.69, 9.17) is 0 Å². The molecule has 3 amide bonds. The van der Waals surface area contributed by atoms with Gasteiger partial charge in [0.2, 0.25) is 0 Å². The Kier molecular flexibility index (Phi) is 4.97. The van der Waals surface area contributed by atoms with Gasteiger partial charge in [0, 0.05) is 35.6 Å². The molecule has 2 aliphatic heterocycles. The minimum Gasteiger partial charge on any atom is -0.355 e. The van der Waals surface area contributed by atoms with Crippen LogP contribution in [0, 0.1) is 0 Å². The molecular formula is C28H30N4O2. The van der Waals surface area contributed by atoms with Crippen molar-refractivity contribution in [1.82, 2.24) is 15.2 Å². The predicted octanol–water partition coefficient (Wildman–Crippen LogP) is 4.84. The third kappa shape index (κ3) is 2.87. The number of fused-ring (bicyclic) bond motifs is 6. The zero-order valence-corrected chi connectivity index (χ0v) is 19.3. The lowest BCUT2D eigenvalue weighted by Gasteiger charge is -2.44. The Morgan fingerprint density at radius 1 is 1.12 bits per heavy atom. The number of aromatic nitrogens is 1. The van der Waals surface area contributed by atoms with E-state index < -0.39 is 5.54 Å². The topological polar surface area (TPSA) is 68.4 Å². The van der Waals surface area contributed by atoms with E-state index in [1.165, 1.54) is 6.42 Å². The number of hydrogen-bond donors (Lipinski definition) is 2. The second-order valence-corrected chi connectivity index (χ2v) is 9.64. The average Bonchev–Trinajstić information content (AvgIpc) is 3.36. The summed E-state index contributed by atoms with van der Waals surface area (Å²) in [6.07, 6.45) is 7.94. The molecule has 0 unspecified atom stereocenters. The van der Waals surface area contributed by atoms with Gasteiger partial charge in [-0.1, -0.05) is 61.7 Å². The highest BCUT2D eigenvalue weighted by Crippen LogP contribution is 2.52. The van der Waals surface area contributed by atoms with Crippen LogP contribution in [-0.4, -0.2) is 41.0 Å².